The molecule has 0 bridgehead atoms. The summed E-state index contributed by atoms with van der Waals surface area (Å²) in [6, 6.07) is 8.43. The molecule has 0 amide bonds. The second-order valence-corrected chi connectivity index (χ2v) is 4.39. The normalized spacial score (nSPS) is 16.6. The Morgan fingerprint density at radius 1 is 1.12 bits per heavy atom. The lowest BCUT2D eigenvalue weighted by atomic mass is 10.2. The minimum Gasteiger partial charge on any atom is -0.492 e. The molecule has 88 valence electrons. The van der Waals surface area contributed by atoms with Gasteiger partial charge in [0.15, 0.2) is 0 Å². The van der Waals surface area contributed by atoms with Gasteiger partial charge in [0.25, 0.3) is 0 Å². The maximum Gasteiger partial charge on any atom is 0.119 e. The lowest BCUT2D eigenvalue weighted by Crippen LogP contribution is -2.25. The van der Waals surface area contributed by atoms with Crippen molar-refractivity contribution in [1.29, 1.82) is 0 Å². The van der Waals surface area contributed by atoms with E-state index in [1.54, 1.807) is 0 Å². The largest absolute Gasteiger partial charge is 0.492 e. The molecule has 1 heterocycles. The van der Waals surface area contributed by atoms with Gasteiger partial charge in [0.1, 0.15) is 12.4 Å². The van der Waals surface area contributed by atoms with Gasteiger partial charge in [-0.15, -0.1) is 0 Å². The van der Waals surface area contributed by atoms with Crippen LogP contribution in [0.5, 0.6) is 5.75 Å². The Kier molecular flexibility index (Phi) is 4.23. The molecular formula is C14H21NO. The van der Waals surface area contributed by atoms with E-state index < -0.39 is 0 Å². The number of nitrogens with zero attached hydrogens (tertiary/aromatic N) is 1. The van der Waals surface area contributed by atoms with E-state index in [0.717, 1.165) is 25.3 Å². The van der Waals surface area contributed by atoms with Crippen LogP contribution in [0.3, 0.4) is 0 Å². The molecule has 0 saturated carbocycles. The summed E-state index contributed by atoms with van der Waals surface area (Å²) in [6.07, 6.45) is 3.80. The van der Waals surface area contributed by atoms with Crippen LogP contribution in [0.2, 0.25) is 0 Å². The fourth-order valence-corrected chi connectivity index (χ4v) is 2.12. The van der Waals surface area contributed by atoms with Gasteiger partial charge in [-0.05, 0) is 50.0 Å². The minimum atomic E-state index is 0.811. The Labute approximate surface area is 98.2 Å². The first-order valence-corrected chi connectivity index (χ1v) is 6.32. The first kappa shape index (κ1) is 11.5. The molecule has 1 aromatic rings. The zero-order valence-corrected chi connectivity index (χ0v) is 10.1. The number of ether oxygens (including phenoxy) is 1. The van der Waals surface area contributed by atoms with Gasteiger partial charge in [0, 0.05) is 6.54 Å². The fraction of sp³-hybridized carbons (Fsp3) is 0.571. The molecule has 0 unspecified atom stereocenters. The maximum absolute atomic E-state index is 5.73. The van der Waals surface area contributed by atoms with Gasteiger partial charge in [-0.1, -0.05) is 19.1 Å². The van der Waals surface area contributed by atoms with Crippen LogP contribution in [0.15, 0.2) is 24.3 Å². The summed E-state index contributed by atoms with van der Waals surface area (Å²) < 4.78 is 5.73. The van der Waals surface area contributed by atoms with Gasteiger partial charge >= 0.3 is 0 Å². The molecule has 0 spiro atoms. The van der Waals surface area contributed by atoms with E-state index in [9.17, 15) is 0 Å². The monoisotopic (exact) mass is 219 g/mol. The zero-order chi connectivity index (χ0) is 11.2. The maximum atomic E-state index is 5.73. The van der Waals surface area contributed by atoms with Crippen LogP contribution in [0, 0.1) is 0 Å². The minimum absolute atomic E-state index is 0.811. The van der Waals surface area contributed by atoms with Crippen LogP contribution in [0.4, 0.5) is 0 Å². The highest BCUT2D eigenvalue weighted by Crippen LogP contribution is 2.13. The summed E-state index contributed by atoms with van der Waals surface area (Å²) in [5.74, 6) is 0.997. The van der Waals surface area contributed by atoms with E-state index >= 15 is 0 Å². The zero-order valence-electron chi connectivity index (χ0n) is 10.1. The molecule has 1 aromatic carbocycles. The molecule has 2 heteroatoms. The molecule has 0 aliphatic carbocycles. The highest BCUT2D eigenvalue weighted by Gasteiger charge is 2.10. The Morgan fingerprint density at radius 3 is 2.44 bits per heavy atom. The average molecular weight is 219 g/mol. The van der Waals surface area contributed by atoms with Crippen LogP contribution < -0.4 is 4.74 Å². The highest BCUT2D eigenvalue weighted by molar-refractivity contribution is 5.27. The van der Waals surface area contributed by atoms with Crippen LogP contribution in [-0.2, 0) is 6.42 Å². The van der Waals surface area contributed by atoms with Gasteiger partial charge in [-0.25, -0.2) is 0 Å². The molecule has 0 atom stereocenters. The summed E-state index contributed by atoms with van der Waals surface area (Å²) in [4.78, 5) is 2.47. The number of likely N-dealkylation sites (tertiary alicyclic amines) is 1. The molecule has 2 rings (SSSR count). The molecular weight excluding hydrogens is 198 g/mol. The number of benzene rings is 1. The van der Waals surface area contributed by atoms with Crippen molar-refractivity contribution in [1.82, 2.24) is 4.90 Å². The van der Waals surface area contributed by atoms with E-state index in [2.05, 4.69) is 36.1 Å². The molecule has 1 aliphatic heterocycles. The third-order valence-electron chi connectivity index (χ3n) is 3.21. The Balaban J connectivity index is 1.71. The van der Waals surface area contributed by atoms with Gasteiger partial charge in [-0.3, -0.25) is 4.90 Å². The Hall–Kier alpha value is -1.02. The number of hydrogen-bond acceptors (Lipinski definition) is 2. The molecule has 0 N–H and O–H groups in total. The van der Waals surface area contributed by atoms with E-state index in [0.29, 0.717) is 0 Å². The van der Waals surface area contributed by atoms with Crippen molar-refractivity contribution in [2.24, 2.45) is 0 Å². The van der Waals surface area contributed by atoms with Crippen molar-refractivity contribution in [3.05, 3.63) is 29.8 Å². The predicted molar refractivity (Wildman–Crippen MR) is 67.0 cm³/mol. The third kappa shape index (κ3) is 3.24. The fourth-order valence-electron chi connectivity index (χ4n) is 2.12. The molecule has 0 radical (unpaired) electrons. The molecule has 0 aromatic heterocycles. The van der Waals surface area contributed by atoms with Crippen LogP contribution in [0.1, 0.15) is 25.3 Å². The summed E-state index contributed by atoms with van der Waals surface area (Å²) in [5, 5.41) is 0. The van der Waals surface area contributed by atoms with Crippen LogP contribution in [-0.4, -0.2) is 31.1 Å². The molecule has 1 saturated heterocycles. The van der Waals surface area contributed by atoms with E-state index in [1.807, 2.05) is 0 Å². The van der Waals surface area contributed by atoms with Crippen molar-refractivity contribution in [2.75, 3.05) is 26.2 Å². The van der Waals surface area contributed by atoms with E-state index in [-0.39, 0.29) is 0 Å². The van der Waals surface area contributed by atoms with E-state index in [1.165, 1.54) is 31.5 Å². The van der Waals surface area contributed by atoms with Gasteiger partial charge in [-0.2, -0.15) is 0 Å². The van der Waals surface area contributed by atoms with Crippen molar-refractivity contribution < 1.29 is 4.74 Å². The van der Waals surface area contributed by atoms with Crippen molar-refractivity contribution in [3.8, 4) is 5.75 Å². The van der Waals surface area contributed by atoms with Gasteiger partial charge < -0.3 is 4.74 Å². The average Bonchev–Trinajstić information content (AvgIpc) is 2.83. The number of hydrogen-bond donors (Lipinski definition) is 0. The van der Waals surface area contributed by atoms with Crippen molar-refractivity contribution in [2.45, 2.75) is 26.2 Å². The summed E-state index contributed by atoms with van der Waals surface area (Å²) in [5.41, 5.74) is 1.37. The third-order valence-corrected chi connectivity index (χ3v) is 3.21. The molecule has 16 heavy (non-hydrogen) atoms. The van der Waals surface area contributed by atoms with Gasteiger partial charge in [0.05, 0.1) is 0 Å². The van der Waals surface area contributed by atoms with E-state index in [4.69, 9.17) is 4.74 Å². The first-order chi connectivity index (χ1) is 7.88. The number of rotatable bonds is 5. The standard InChI is InChI=1S/C14H21NO/c1-2-13-5-7-14(8-6-13)16-12-11-15-9-3-4-10-15/h5-8H,2-4,9-12H2,1H3. The molecule has 1 fully saturated rings. The highest BCUT2D eigenvalue weighted by atomic mass is 16.5. The topological polar surface area (TPSA) is 12.5 Å². The first-order valence-electron chi connectivity index (χ1n) is 6.32. The van der Waals surface area contributed by atoms with Crippen LogP contribution in [0.25, 0.3) is 0 Å². The Bertz CT molecular complexity index is 301. The lowest BCUT2D eigenvalue weighted by molar-refractivity contribution is 0.238. The quantitative estimate of drug-likeness (QED) is 0.755. The number of aryl methyl sites for hydroxylation is 1. The second-order valence-electron chi connectivity index (χ2n) is 4.39. The van der Waals surface area contributed by atoms with Crippen LogP contribution >= 0.6 is 0 Å². The Morgan fingerprint density at radius 2 is 1.81 bits per heavy atom. The van der Waals surface area contributed by atoms with Crippen molar-refractivity contribution in [3.63, 3.8) is 0 Å². The predicted octanol–water partition coefficient (Wildman–Crippen LogP) is 2.72. The second kappa shape index (κ2) is 5.90. The summed E-state index contributed by atoms with van der Waals surface area (Å²) in [6.45, 7) is 6.54. The lowest BCUT2D eigenvalue weighted by Gasteiger charge is -2.14. The molecule has 1 aliphatic rings. The van der Waals surface area contributed by atoms with Crippen molar-refractivity contribution >= 4 is 0 Å². The molecule has 2 nitrogen and oxygen atoms in total. The van der Waals surface area contributed by atoms with Gasteiger partial charge in [0.2, 0.25) is 0 Å². The smallest absolute Gasteiger partial charge is 0.119 e. The SMILES string of the molecule is CCc1ccc(OCCN2CCCC2)cc1. The summed E-state index contributed by atoms with van der Waals surface area (Å²) in [7, 11) is 0. The summed E-state index contributed by atoms with van der Waals surface area (Å²) >= 11 is 0.